The van der Waals surface area contributed by atoms with Crippen molar-refractivity contribution in [1.29, 1.82) is 0 Å². The van der Waals surface area contributed by atoms with Crippen LogP contribution in [0.15, 0.2) is 23.6 Å². The lowest BCUT2D eigenvalue weighted by atomic mass is 10.1. The number of fused-ring (bicyclic) bond motifs is 1. The summed E-state index contributed by atoms with van der Waals surface area (Å²) >= 11 is 0. The number of nitrogens with zero attached hydrogens (tertiary/aromatic N) is 6. The van der Waals surface area contributed by atoms with Gasteiger partial charge in [-0.3, -0.25) is 4.68 Å². The molecule has 1 aliphatic heterocycles. The highest BCUT2D eigenvalue weighted by Gasteiger charge is 2.21. The third kappa shape index (κ3) is 3.90. The zero-order valence-electron chi connectivity index (χ0n) is 17.8. The predicted octanol–water partition coefficient (Wildman–Crippen LogP) is 2.57. The molecule has 1 aliphatic carbocycles. The van der Waals surface area contributed by atoms with Gasteiger partial charge in [-0.1, -0.05) is 6.92 Å². The smallest absolute Gasteiger partial charge is 0.174 e. The number of nitrogens with one attached hydrogen (secondary N) is 1. The summed E-state index contributed by atoms with van der Waals surface area (Å²) < 4.78 is 2.05. The van der Waals surface area contributed by atoms with Crippen molar-refractivity contribution < 1.29 is 5.11 Å². The first-order chi connectivity index (χ1) is 15.1. The zero-order valence-corrected chi connectivity index (χ0v) is 17.8. The minimum Gasteiger partial charge on any atom is -0.393 e. The number of pyridine rings is 1. The number of aliphatic hydroxyl groups is 1. The minimum absolute atomic E-state index is 0.312. The van der Waals surface area contributed by atoms with Gasteiger partial charge in [0.2, 0.25) is 0 Å². The maximum Gasteiger partial charge on any atom is 0.174 e. The summed E-state index contributed by atoms with van der Waals surface area (Å²) in [6, 6.07) is 0.400. The van der Waals surface area contributed by atoms with Crippen LogP contribution in [0.1, 0.15) is 50.8 Å². The molecule has 4 heterocycles. The third-order valence-electron chi connectivity index (χ3n) is 6.21. The van der Waals surface area contributed by atoms with Gasteiger partial charge >= 0.3 is 0 Å². The van der Waals surface area contributed by atoms with Gasteiger partial charge in [0.15, 0.2) is 11.6 Å². The van der Waals surface area contributed by atoms with Crippen molar-refractivity contribution >= 4 is 28.4 Å². The van der Waals surface area contributed by atoms with E-state index < -0.39 is 0 Å². The number of aliphatic hydroxyl groups excluding tert-OH is 1. The average molecular weight is 421 g/mol. The Bertz CT molecular complexity index is 1130. The van der Waals surface area contributed by atoms with E-state index in [2.05, 4.69) is 21.6 Å². The molecule has 162 valence electrons. The number of hydrogen-bond acceptors (Lipinski definition) is 8. The number of nitrogen functional groups attached to an aromatic ring is 1. The van der Waals surface area contributed by atoms with Crippen LogP contribution in [0.2, 0.25) is 0 Å². The average Bonchev–Trinajstić information content (AvgIpc) is 3.44. The predicted molar refractivity (Wildman–Crippen MR) is 120 cm³/mol. The molecule has 3 aromatic rings. The molecule has 4 N–H and O–H groups in total. The number of rotatable bonds is 4. The lowest BCUT2D eigenvalue weighted by Crippen LogP contribution is -2.29. The summed E-state index contributed by atoms with van der Waals surface area (Å²) in [6.45, 7) is 4.05. The van der Waals surface area contributed by atoms with Crippen LogP contribution in [-0.4, -0.2) is 54.7 Å². The van der Waals surface area contributed by atoms with Crippen molar-refractivity contribution in [3.05, 3.63) is 24.3 Å². The van der Waals surface area contributed by atoms with Crippen molar-refractivity contribution in [2.24, 2.45) is 4.99 Å². The summed E-state index contributed by atoms with van der Waals surface area (Å²) in [7, 11) is 0. The Morgan fingerprint density at radius 1 is 1.19 bits per heavy atom. The maximum atomic E-state index is 9.86. The van der Waals surface area contributed by atoms with Gasteiger partial charge in [0, 0.05) is 35.7 Å². The number of aromatic nitrogens is 5. The van der Waals surface area contributed by atoms with E-state index in [0.717, 1.165) is 61.3 Å². The van der Waals surface area contributed by atoms with E-state index in [9.17, 15) is 5.11 Å². The quantitative estimate of drug-likeness (QED) is 0.592. The van der Waals surface area contributed by atoms with Crippen LogP contribution in [0.4, 0.5) is 11.6 Å². The van der Waals surface area contributed by atoms with Crippen LogP contribution in [0, 0.1) is 0 Å². The molecule has 31 heavy (non-hydrogen) atoms. The molecule has 9 nitrogen and oxygen atoms in total. The van der Waals surface area contributed by atoms with Crippen molar-refractivity contribution in [3.8, 4) is 11.1 Å². The van der Waals surface area contributed by atoms with Crippen molar-refractivity contribution in [2.45, 2.75) is 57.6 Å². The second-order valence-electron chi connectivity index (χ2n) is 8.37. The Kier molecular flexibility index (Phi) is 5.37. The first-order valence-corrected chi connectivity index (χ1v) is 11.1. The molecular weight excluding hydrogens is 392 g/mol. The third-order valence-corrected chi connectivity index (χ3v) is 6.21. The monoisotopic (exact) mass is 420 g/mol. The van der Waals surface area contributed by atoms with Crippen molar-refractivity contribution in [2.75, 3.05) is 18.8 Å². The number of aliphatic imine (C=N–C) groups is 1. The van der Waals surface area contributed by atoms with Crippen LogP contribution in [0.3, 0.4) is 0 Å². The highest BCUT2D eigenvalue weighted by molar-refractivity contribution is 5.97. The molecule has 0 spiro atoms. The zero-order chi connectivity index (χ0) is 21.4. The fourth-order valence-electron chi connectivity index (χ4n) is 4.43. The van der Waals surface area contributed by atoms with E-state index in [1.54, 1.807) is 6.20 Å². The molecule has 0 bridgehead atoms. The normalized spacial score (nSPS) is 21.4. The highest BCUT2D eigenvalue weighted by atomic mass is 16.3. The Balaban J connectivity index is 1.59. The summed E-state index contributed by atoms with van der Waals surface area (Å²) in [6.07, 6.45) is 10.3. The Labute approximate surface area is 180 Å². The molecule has 0 unspecified atom stereocenters. The second kappa shape index (κ2) is 8.32. The van der Waals surface area contributed by atoms with Crippen molar-refractivity contribution in [1.82, 2.24) is 30.0 Å². The number of nitrogens with two attached hydrogens (primary N) is 1. The first kappa shape index (κ1) is 20.0. The van der Waals surface area contributed by atoms with E-state index >= 15 is 0 Å². The molecular formula is C22H28N8O. The summed E-state index contributed by atoms with van der Waals surface area (Å²) in [4.78, 5) is 18.8. The second-order valence-corrected chi connectivity index (χ2v) is 8.37. The fraction of sp³-hybridized carbons (Fsp3) is 0.500. The molecule has 1 saturated carbocycles. The van der Waals surface area contributed by atoms with Gasteiger partial charge in [-0.2, -0.15) is 5.10 Å². The van der Waals surface area contributed by atoms with Gasteiger partial charge in [0.05, 0.1) is 24.0 Å². The van der Waals surface area contributed by atoms with E-state index in [0.29, 0.717) is 41.6 Å². The summed E-state index contributed by atoms with van der Waals surface area (Å²) in [5.74, 6) is 0.971. The summed E-state index contributed by atoms with van der Waals surface area (Å²) in [5.41, 5.74) is 11.0. The molecule has 2 fully saturated rings. The lowest BCUT2D eigenvalue weighted by molar-refractivity contribution is 0.188. The minimum atomic E-state index is -0.312. The summed E-state index contributed by atoms with van der Waals surface area (Å²) in [5, 5.41) is 17.9. The number of piperidine rings is 1. The Morgan fingerprint density at radius 3 is 2.77 bits per heavy atom. The van der Waals surface area contributed by atoms with Crippen LogP contribution in [-0.2, 0) is 6.42 Å². The van der Waals surface area contributed by atoms with E-state index in [1.165, 1.54) is 0 Å². The maximum absolute atomic E-state index is 9.86. The topological polar surface area (TPSA) is 127 Å². The highest BCUT2D eigenvalue weighted by Crippen LogP contribution is 2.32. The Hall–Kier alpha value is -2.91. The van der Waals surface area contributed by atoms with Crippen LogP contribution >= 0.6 is 0 Å². The van der Waals surface area contributed by atoms with Crippen molar-refractivity contribution in [3.63, 3.8) is 0 Å². The molecule has 1 atom stereocenters. The fourth-order valence-corrected chi connectivity index (χ4v) is 4.43. The molecule has 0 aromatic carbocycles. The van der Waals surface area contributed by atoms with Gasteiger partial charge in [-0.25, -0.2) is 19.9 Å². The molecule has 1 saturated heterocycles. The van der Waals surface area contributed by atoms with E-state index in [-0.39, 0.29) is 6.10 Å². The molecule has 9 heteroatoms. The van der Waals surface area contributed by atoms with E-state index in [4.69, 9.17) is 20.7 Å². The molecule has 0 radical (unpaired) electrons. The SMILES string of the molecule is CCc1nc2c(N)ncc(-c3cnn(C4CCNCC4)c3)c2nc1/N=C1\CC[C@H](O)C1. The largest absolute Gasteiger partial charge is 0.393 e. The molecule has 2 aliphatic rings. The van der Waals surface area contributed by atoms with E-state index in [1.807, 2.05) is 17.8 Å². The molecule has 0 amide bonds. The van der Waals surface area contributed by atoms with Crippen LogP contribution in [0.25, 0.3) is 22.2 Å². The van der Waals surface area contributed by atoms with Gasteiger partial charge in [0.1, 0.15) is 11.0 Å². The van der Waals surface area contributed by atoms with Crippen LogP contribution < -0.4 is 11.1 Å². The lowest BCUT2D eigenvalue weighted by Gasteiger charge is -2.22. The van der Waals surface area contributed by atoms with Gasteiger partial charge in [-0.15, -0.1) is 0 Å². The van der Waals surface area contributed by atoms with Gasteiger partial charge < -0.3 is 16.2 Å². The van der Waals surface area contributed by atoms with Gasteiger partial charge in [0.25, 0.3) is 0 Å². The molecule has 3 aromatic heterocycles. The van der Waals surface area contributed by atoms with Gasteiger partial charge in [-0.05, 0) is 45.2 Å². The standard InChI is InChI=1S/C22H28N8O/c1-2-18-22(27-14-3-4-16(31)9-14)29-19-17(11-25-21(23)20(19)28-18)13-10-26-30(12-13)15-5-7-24-8-6-15/h10-12,15-16,24,31H,2-9H2,1H3,(H2,23,25)/b27-14+/t16-/m0/s1. The number of anilines is 1. The first-order valence-electron chi connectivity index (χ1n) is 11.1. The number of hydrogen-bond donors (Lipinski definition) is 3. The Morgan fingerprint density at radius 2 is 2.03 bits per heavy atom. The van der Waals surface area contributed by atoms with Crippen LogP contribution in [0.5, 0.6) is 0 Å². The molecule has 5 rings (SSSR count). The number of aryl methyl sites for hydroxylation is 1.